The number of carbonyl (C=O) groups excluding carboxylic acids is 1. The van der Waals surface area contributed by atoms with Crippen molar-refractivity contribution in [2.24, 2.45) is 11.7 Å². The minimum absolute atomic E-state index is 0.0687. The van der Waals surface area contributed by atoms with Crippen molar-refractivity contribution in [3.05, 3.63) is 41.6 Å². The molecular weight excluding hydrogens is 236 g/mol. The molecule has 1 unspecified atom stereocenters. The molecule has 1 aromatic carbocycles. The van der Waals surface area contributed by atoms with Gasteiger partial charge in [0.15, 0.2) is 5.78 Å². The Hall–Kier alpha value is -1.74. The Labute approximate surface area is 113 Å². The number of fused-ring (bicyclic) bond motifs is 1. The summed E-state index contributed by atoms with van der Waals surface area (Å²) in [6.07, 6.45) is 1.82. The molecule has 19 heavy (non-hydrogen) atoms. The lowest BCUT2D eigenvalue weighted by atomic mass is 9.93. The zero-order valence-electron chi connectivity index (χ0n) is 11.5. The lowest BCUT2D eigenvalue weighted by Gasteiger charge is -2.12. The molecule has 0 saturated carbocycles. The number of benzene rings is 1. The molecule has 2 aromatic rings. The van der Waals surface area contributed by atoms with Crippen LogP contribution in [0, 0.1) is 12.8 Å². The van der Waals surface area contributed by atoms with Crippen molar-refractivity contribution in [3.63, 3.8) is 0 Å². The monoisotopic (exact) mass is 256 g/mol. The minimum Gasteiger partial charge on any atom is -0.330 e. The molecule has 0 radical (unpaired) electrons. The van der Waals surface area contributed by atoms with E-state index in [4.69, 9.17) is 5.73 Å². The number of pyridine rings is 1. The largest absolute Gasteiger partial charge is 0.330 e. The van der Waals surface area contributed by atoms with Crippen molar-refractivity contribution in [1.82, 2.24) is 4.98 Å². The van der Waals surface area contributed by atoms with Crippen LogP contribution in [0.1, 0.15) is 35.8 Å². The molecule has 0 aliphatic heterocycles. The molecule has 3 nitrogen and oxygen atoms in total. The maximum Gasteiger partial charge on any atom is 0.167 e. The van der Waals surface area contributed by atoms with E-state index in [0.29, 0.717) is 6.54 Å². The molecule has 2 N–H and O–H groups in total. The topological polar surface area (TPSA) is 56.0 Å². The van der Waals surface area contributed by atoms with Crippen LogP contribution in [0.3, 0.4) is 0 Å². The molecule has 0 saturated heterocycles. The molecule has 0 bridgehead atoms. The van der Waals surface area contributed by atoms with Gasteiger partial charge in [0, 0.05) is 29.1 Å². The van der Waals surface area contributed by atoms with E-state index in [1.807, 2.05) is 37.3 Å². The van der Waals surface area contributed by atoms with Gasteiger partial charge in [-0.1, -0.05) is 19.4 Å². The van der Waals surface area contributed by atoms with E-state index in [2.05, 4.69) is 11.9 Å². The molecule has 0 fully saturated rings. The fourth-order valence-electron chi connectivity index (χ4n) is 2.32. The minimum atomic E-state index is -0.0687. The summed E-state index contributed by atoms with van der Waals surface area (Å²) in [5.41, 5.74) is 8.35. The Bertz CT molecular complexity index is 592. The molecule has 1 aromatic heterocycles. The zero-order chi connectivity index (χ0) is 13.8. The van der Waals surface area contributed by atoms with Gasteiger partial charge in [-0.2, -0.15) is 0 Å². The van der Waals surface area contributed by atoms with Crippen LogP contribution in [0.5, 0.6) is 0 Å². The number of rotatable bonds is 5. The number of nitrogens with two attached hydrogens (primary N) is 1. The summed E-state index contributed by atoms with van der Waals surface area (Å²) in [6.45, 7) is 4.45. The van der Waals surface area contributed by atoms with E-state index < -0.39 is 0 Å². The van der Waals surface area contributed by atoms with Crippen LogP contribution in [-0.4, -0.2) is 17.3 Å². The van der Waals surface area contributed by atoms with Crippen LogP contribution in [0.4, 0.5) is 0 Å². The van der Waals surface area contributed by atoms with Gasteiger partial charge in [0.2, 0.25) is 0 Å². The van der Waals surface area contributed by atoms with Gasteiger partial charge in [-0.15, -0.1) is 0 Å². The fourth-order valence-corrected chi connectivity index (χ4v) is 2.32. The van der Waals surface area contributed by atoms with Crippen LogP contribution in [-0.2, 0) is 0 Å². The summed E-state index contributed by atoms with van der Waals surface area (Å²) in [5.74, 6) is 0.0766. The predicted molar refractivity (Wildman–Crippen MR) is 78.3 cm³/mol. The number of hydrogen-bond donors (Lipinski definition) is 1. The number of ketones is 1. The SMILES string of the molecule is CCCC(CN)C(=O)c1ccc2nc(C)ccc2c1. The van der Waals surface area contributed by atoms with E-state index >= 15 is 0 Å². The normalized spacial score (nSPS) is 12.6. The molecule has 0 amide bonds. The predicted octanol–water partition coefficient (Wildman–Crippen LogP) is 3.10. The highest BCUT2D eigenvalue weighted by Crippen LogP contribution is 2.19. The van der Waals surface area contributed by atoms with Crippen molar-refractivity contribution in [1.29, 1.82) is 0 Å². The van der Waals surface area contributed by atoms with Gasteiger partial charge in [0.25, 0.3) is 0 Å². The van der Waals surface area contributed by atoms with Gasteiger partial charge in [0.1, 0.15) is 0 Å². The number of Topliss-reactive ketones (excluding diaryl/α,β-unsaturated/α-hetero) is 1. The van der Waals surface area contributed by atoms with Gasteiger partial charge < -0.3 is 5.73 Å². The summed E-state index contributed by atoms with van der Waals surface area (Å²) in [7, 11) is 0. The molecule has 3 heteroatoms. The van der Waals surface area contributed by atoms with Crippen molar-refractivity contribution >= 4 is 16.7 Å². The highest BCUT2D eigenvalue weighted by molar-refractivity contribution is 6.00. The van der Waals surface area contributed by atoms with E-state index in [-0.39, 0.29) is 11.7 Å². The molecule has 0 aliphatic rings. The van der Waals surface area contributed by atoms with Gasteiger partial charge in [-0.25, -0.2) is 0 Å². The van der Waals surface area contributed by atoms with Crippen molar-refractivity contribution in [3.8, 4) is 0 Å². The van der Waals surface area contributed by atoms with E-state index in [0.717, 1.165) is 35.0 Å². The fraction of sp³-hybridized carbons (Fsp3) is 0.375. The first-order valence-corrected chi connectivity index (χ1v) is 6.77. The Morgan fingerprint density at radius 1 is 1.32 bits per heavy atom. The highest BCUT2D eigenvalue weighted by atomic mass is 16.1. The summed E-state index contributed by atoms with van der Waals surface area (Å²) in [4.78, 5) is 16.8. The van der Waals surface area contributed by atoms with Crippen molar-refractivity contribution in [2.45, 2.75) is 26.7 Å². The van der Waals surface area contributed by atoms with Crippen molar-refractivity contribution < 1.29 is 4.79 Å². The van der Waals surface area contributed by atoms with E-state index in [9.17, 15) is 4.79 Å². The summed E-state index contributed by atoms with van der Waals surface area (Å²) in [6, 6.07) is 9.65. The number of aryl methyl sites for hydroxylation is 1. The summed E-state index contributed by atoms with van der Waals surface area (Å²) in [5, 5.41) is 1.00. The number of nitrogens with zero attached hydrogens (tertiary/aromatic N) is 1. The maximum absolute atomic E-state index is 12.4. The van der Waals surface area contributed by atoms with Gasteiger partial charge >= 0.3 is 0 Å². The average Bonchev–Trinajstić information content (AvgIpc) is 2.43. The molecule has 1 atom stereocenters. The number of hydrogen-bond acceptors (Lipinski definition) is 3. The lowest BCUT2D eigenvalue weighted by Crippen LogP contribution is -2.23. The Morgan fingerprint density at radius 3 is 2.79 bits per heavy atom. The van der Waals surface area contributed by atoms with E-state index in [1.165, 1.54) is 0 Å². The Kier molecular flexibility index (Phi) is 4.27. The molecule has 0 aliphatic carbocycles. The summed E-state index contributed by atoms with van der Waals surface area (Å²) < 4.78 is 0. The molecule has 1 heterocycles. The number of aromatic nitrogens is 1. The second-order valence-corrected chi connectivity index (χ2v) is 4.95. The van der Waals surface area contributed by atoms with Crippen LogP contribution in [0.15, 0.2) is 30.3 Å². The van der Waals surface area contributed by atoms with Gasteiger partial charge in [-0.3, -0.25) is 9.78 Å². The average molecular weight is 256 g/mol. The first-order valence-electron chi connectivity index (χ1n) is 6.77. The zero-order valence-corrected chi connectivity index (χ0v) is 11.5. The van der Waals surface area contributed by atoms with Gasteiger partial charge in [0.05, 0.1) is 5.52 Å². The number of carbonyl (C=O) groups is 1. The molecule has 2 rings (SSSR count). The maximum atomic E-state index is 12.4. The third-order valence-corrected chi connectivity index (χ3v) is 3.41. The Balaban J connectivity index is 2.35. The summed E-state index contributed by atoms with van der Waals surface area (Å²) >= 11 is 0. The highest BCUT2D eigenvalue weighted by Gasteiger charge is 2.17. The van der Waals surface area contributed by atoms with Crippen LogP contribution >= 0.6 is 0 Å². The standard InChI is InChI=1S/C16H20N2O/c1-3-4-14(10-17)16(19)13-7-8-15-12(9-13)6-5-11(2)18-15/h5-9,14H,3-4,10,17H2,1-2H3. The smallest absolute Gasteiger partial charge is 0.167 e. The van der Waals surface area contributed by atoms with Crippen LogP contribution < -0.4 is 5.73 Å². The Morgan fingerprint density at radius 2 is 2.11 bits per heavy atom. The van der Waals surface area contributed by atoms with Crippen LogP contribution in [0.25, 0.3) is 10.9 Å². The van der Waals surface area contributed by atoms with E-state index in [1.54, 1.807) is 0 Å². The van der Waals surface area contributed by atoms with Crippen molar-refractivity contribution in [2.75, 3.05) is 6.54 Å². The molecular formula is C16H20N2O. The quantitative estimate of drug-likeness (QED) is 0.836. The third-order valence-electron chi connectivity index (χ3n) is 3.41. The lowest BCUT2D eigenvalue weighted by molar-refractivity contribution is 0.0917. The molecule has 0 spiro atoms. The third kappa shape index (κ3) is 2.99. The molecule has 100 valence electrons. The first kappa shape index (κ1) is 13.7. The van der Waals surface area contributed by atoms with Crippen LogP contribution in [0.2, 0.25) is 0 Å². The second-order valence-electron chi connectivity index (χ2n) is 4.95. The van der Waals surface area contributed by atoms with Gasteiger partial charge in [-0.05, 0) is 37.6 Å². The second kappa shape index (κ2) is 5.93. The first-order chi connectivity index (χ1) is 9.15.